The maximum absolute atomic E-state index is 11.0. The fourth-order valence-electron chi connectivity index (χ4n) is 0.943. The third-order valence-electron chi connectivity index (χ3n) is 1.75. The van der Waals surface area contributed by atoms with Gasteiger partial charge in [-0.1, -0.05) is 13.8 Å². The van der Waals surface area contributed by atoms with Crippen LogP contribution < -0.4 is 5.32 Å². The molecule has 0 radical (unpaired) electrons. The second kappa shape index (κ2) is 4.42. The van der Waals surface area contributed by atoms with Gasteiger partial charge >= 0.3 is 0 Å². The number of hydrogen-bond donors (Lipinski definition) is 2. The van der Waals surface area contributed by atoms with Gasteiger partial charge in [0.15, 0.2) is 0 Å². The van der Waals surface area contributed by atoms with Gasteiger partial charge in [-0.2, -0.15) is 0 Å². The number of nitrogens with one attached hydrogen (secondary N) is 1. The molecule has 0 saturated carbocycles. The molecule has 0 saturated heterocycles. The van der Waals surface area contributed by atoms with Gasteiger partial charge in [0.1, 0.15) is 6.10 Å². The molecular weight excluding hydrogens is 158 g/mol. The van der Waals surface area contributed by atoms with Crippen molar-refractivity contribution >= 4 is 5.91 Å². The van der Waals surface area contributed by atoms with E-state index in [4.69, 9.17) is 4.74 Å². The fourth-order valence-corrected chi connectivity index (χ4v) is 0.943. The third-order valence-corrected chi connectivity index (χ3v) is 1.75. The number of ether oxygens (including phenoxy) is 1. The van der Waals surface area contributed by atoms with Crippen LogP contribution in [0.1, 0.15) is 13.8 Å². The Balaban J connectivity index is 4.23. The van der Waals surface area contributed by atoms with E-state index in [-0.39, 0.29) is 5.91 Å². The average Bonchev–Trinajstić information content (AvgIpc) is 2.01. The van der Waals surface area contributed by atoms with Crippen molar-refractivity contribution in [1.29, 1.82) is 0 Å². The molecule has 0 heterocycles. The lowest BCUT2D eigenvalue weighted by Gasteiger charge is -2.28. The van der Waals surface area contributed by atoms with Crippen molar-refractivity contribution < 1.29 is 14.6 Å². The highest BCUT2D eigenvalue weighted by molar-refractivity contribution is 5.80. The Labute approximate surface area is 72.9 Å². The predicted octanol–water partition coefficient (Wildman–Crippen LogP) is -0.234. The smallest absolute Gasteiger partial charge is 0.249 e. The van der Waals surface area contributed by atoms with Crippen molar-refractivity contribution in [3.8, 4) is 0 Å². The maximum Gasteiger partial charge on any atom is 0.249 e. The number of aliphatic hydroxyl groups excluding tert-OH is 1. The number of hydrogen-bond acceptors (Lipinski definition) is 3. The Kier molecular flexibility index (Phi) is 4.20. The van der Waals surface area contributed by atoms with E-state index in [1.165, 1.54) is 7.05 Å². The summed E-state index contributed by atoms with van der Waals surface area (Å²) < 4.78 is 4.88. The van der Waals surface area contributed by atoms with Crippen LogP contribution in [0.15, 0.2) is 0 Å². The minimum Gasteiger partial charge on any atom is -0.384 e. The summed E-state index contributed by atoms with van der Waals surface area (Å²) in [5.74, 6) is -0.378. The first-order chi connectivity index (χ1) is 5.45. The van der Waals surface area contributed by atoms with Crippen molar-refractivity contribution in [2.75, 3.05) is 20.8 Å². The van der Waals surface area contributed by atoms with Crippen molar-refractivity contribution in [3.63, 3.8) is 0 Å². The Hall–Kier alpha value is -0.610. The summed E-state index contributed by atoms with van der Waals surface area (Å²) in [6.07, 6.45) is -1.03. The van der Waals surface area contributed by atoms with Crippen LogP contribution in [0.5, 0.6) is 0 Å². The molecule has 4 nitrogen and oxygen atoms in total. The molecule has 0 aromatic heterocycles. The van der Waals surface area contributed by atoms with Crippen LogP contribution in [0.25, 0.3) is 0 Å². The molecule has 0 spiro atoms. The number of likely N-dealkylation sites (N-methyl/N-ethyl adjacent to an activating group) is 1. The molecule has 72 valence electrons. The number of aliphatic hydroxyl groups is 1. The van der Waals surface area contributed by atoms with Crippen LogP contribution in [0.3, 0.4) is 0 Å². The second-order valence-corrected chi connectivity index (χ2v) is 3.44. The zero-order chi connectivity index (χ0) is 9.78. The van der Waals surface area contributed by atoms with E-state index in [0.29, 0.717) is 6.61 Å². The topological polar surface area (TPSA) is 58.6 Å². The van der Waals surface area contributed by atoms with Crippen LogP contribution in [0.2, 0.25) is 0 Å². The van der Waals surface area contributed by atoms with Crippen LogP contribution in [-0.4, -0.2) is 37.9 Å². The van der Waals surface area contributed by atoms with Gasteiger partial charge in [0.25, 0.3) is 0 Å². The van der Waals surface area contributed by atoms with Crippen molar-refractivity contribution in [1.82, 2.24) is 5.32 Å². The molecule has 0 aliphatic carbocycles. The largest absolute Gasteiger partial charge is 0.384 e. The highest BCUT2D eigenvalue weighted by Crippen LogP contribution is 2.20. The lowest BCUT2D eigenvalue weighted by molar-refractivity contribution is -0.137. The molecule has 0 fully saturated rings. The molecule has 0 aliphatic heterocycles. The number of rotatable bonds is 4. The Morgan fingerprint density at radius 2 is 2.17 bits per heavy atom. The summed E-state index contributed by atoms with van der Waals surface area (Å²) in [7, 11) is 3.03. The zero-order valence-corrected chi connectivity index (χ0v) is 8.05. The SMILES string of the molecule is CNC(=O)C(O)C(C)(C)COC. The second-order valence-electron chi connectivity index (χ2n) is 3.44. The number of methoxy groups -OCH3 is 1. The van der Waals surface area contributed by atoms with Gasteiger partial charge in [0.2, 0.25) is 5.91 Å². The first-order valence-electron chi connectivity index (χ1n) is 3.84. The molecule has 1 amide bonds. The summed E-state index contributed by atoms with van der Waals surface area (Å²) in [5, 5.41) is 11.9. The van der Waals surface area contributed by atoms with Gasteiger partial charge < -0.3 is 15.2 Å². The molecule has 1 atom stereocenters. The molecule has 2 N–H and O–H groups in total. The first-order valence-corrected chi connectivity index (χ1v) is 3.84. The van der Waals surface area contributed by atoms with Crippen LogP contribution in [0, 0.1) is 5.41 Å². The number of carbonyl (C=O) groups excluding carboxylic acids is 1. The average molecular weight is 175 g/mol. The van der Waals surface area contributed by atoms with E-state index in [1.807, 2.05) is 0 Å². The van der Waals surface area contributed by atoms with E-state index in [2.05, 4.69) is 5.32 Å². The van der Waals surface area contributed by atoms with E-state index in [1.54, 1.807) is 21.0 Å². The highest BCUT2D eigenvalue weighted by atomic mass is 16.5. The number of amides is 1. The van der Waals surface area contributed by atoms with E-state index >= 15 is 0 Å². The Morgan fingerprint density at radius 1 is 1.67 bits per heavy atom. The summed E-state index contributed by atoms with van der Waals surface area (Å²) in [6, 6.07) is 0. The summed E-state index contributed by atoms with van der Waals surface area (Å²) in [5.41, 5.74) is -0.547. The van der Waals surface area contributed by atoms with E-state index in [0.717, 1.165) is 0 Å². The summed E-state index contributed by atoms with van der Waals surface area (Å²) in [6.45, 7) is 3.90. The van der Waals surface area contributed by atoms with Crippen LogP contribution >= 0.6 is 0 Å². The first kappa shape index (κ1) is 11.4. The van der Waals surface area contributed by atoms with Gasteiger partial charge in [0, 0.05) is 19.6 Å². The summed E-state index contributed by atoms with van der Waals surface area (Å²) >= 11 is 0. The van der Waals surface area contributed by atoms with Crippen molar-refractivity contribution in [3.05, 3.63) is 0 Å². The number of carbonyl (C=O) groups is 1. The molecule has 0 aliphatic rings. The minimum absolute atomic E-state index is 0.349. The zero-order valence-electron chi connectivity index (χ0n) is 8.05. The normalized spacial score (nSPS) is 14.1. The molecule has 4 heteroatoms. The van der Waals surface area contributed by atoms with Gasteiger partial charge in [0.05, 0.1) is 6.61 Å². The lowest BCUT2D eigenvalue weighted by atomic mass is 9.87. The lowest BCUT2D eigenvalue weighted by Crippen LogP contribution is -2.44. The van der Waals surface area contributed by atoms with E-state index in [9.17, 15) is 9.90 Å². The predicted molar refractivity (Wildman–Crippen MR) is 45.7 cm³/mol. The molecule has 0 aromatic carbocycles. The quantitative estimate of drug-likeness (QED) is 0.620. The van der Waals surface area contributed by atoms with Gasteiger partial charge in [-0.3, -0.25) is 4.79 Å². The monoisotopic (exact) mass is 175 g/mol. The minimum atomic E-state index is -1.03. The standard InChI is InChI=1S/C8H17NO3/c1-8(2,5-12-4)6(10)7(11)9-3/h6,10H,5H2,1-4H3,(H,9,11). The molecule has 0 rings (SSSR count). The molecule has 0 bridgehead atoms. The van der Waals surface area contributed by atoms with Crippen molar-refractivity contribution in [2.24, 2.45) is 5.41 Å². The van der Waals surface area contributed by atoms with Gasteiger partial charge in [-0.15, -0.1) is 0 Å². The van der Waals surface area contributed by atoms with Crippen LogP contribution in [-0.2, 0) is 9.53 Å². The van der Waals surface area contributed by atoms with E-state index < -0.39 is 11.5 Å². The highest BCUT2D eigenvalue weighted by Gasteiger charge is 2.32. The Morgan fingerprint density at radius 3 is 2.50 bits per heavy atom. The Bertz CT molecular complexity index is 156. The maximum atomic E-state index is 11.0. The van der Waals surface area contributed by atoms with Crippen molar-refractivity contribution in [2.45, 2.75) is 20.0 Å². The van der Waals surface area contributed by atoms with Gasteiger partial charge in [-0.05, 0) is 0 Å². The molecule has 12 heavy (non-hydrogen) atoms. The van der Waals surface area contributed by atoms with Crippen LogP contribution in [0.4, 0.5) is 0 Å². The van der Waals surface area contributed by atoms with Gasteiger partial charge in [-0.25, -0.2) is 0 Å². The third kappa shape index (κ3) is 2.79. The molecular formula is C8H17NO3. The molecule has 1 unspecified atom stereocenters. The fraction of sp³-hybridized carbons (Fsp3) is 0.875. The molecule has 0 aromatic rings. The summed E-state index contributed by atoms with van der Waals surface area (Å²) in [4.78, 5) is 11.0.